The predicted octanol–water partition coefficient (Wildman–Crippen LogP) is 2.47. The summed E-state index contributed by atoms with van der Waals surface area (Å²) in [6, 6.07) is 7.84. The zero-order valence-corrected chi connectivity index (χ0v) is 15.7. The van der Waals surface area contributed by atoms with Gasteiger partial charge >= 0.3 is 7.12 Å². The first kappa shape index (κ1) is 17.8. The Labute approximate surface area is 149 Å². The summed E-state index contributed by atoms with van der Waals surface area (Å²) in [6.07, 6.45) is 1.94. The van der Waals surface area contributed by atoms with Crippen LogP contribution in [0.5, 0.6) is 5.75 Å². The van der Waals surface area contributed by atoms with E-state index in [0.717, 1.165) is 22.7 Å². The second-order valence-electron chi connectivity index (χ2n) is 7.18. The molecule has 3 rings (SSSR count). The molecule has 2 aromatic rings. The fraction of sp³-hybridized carbons (Fsp3) is 0.500. The van der Waals surface area contributed by atoms with Gasteiger partial charge in [0.05, 0.1) is 24.5 Å². The predicted molar refractivity (Wildman–Crippen MR) is 99.9 cm³/mol. The monoisotopic (exact) mass is 343 g/mol. The number of nitrogens with zero attached hydrogens (tertiary/aromatic N) is 2. The molecule has 0 spiro atoms. The number of hydrogen-bond donors (Lipinski definition) is 1. The Morgan fingerprint density at radius 2 is 2.08 bits per heavy atom. The largest absolute Gasteiger partial charge is 0.498 e. The molecule has 0 saturated carbocycles. The lowest BCUT2D eigenvalue weighted by Gasteiger charge is -2.28. The van der Waals surface area contributed by atoms with Gasteiger partial charge in [-0.05, 0) is 25.8 Å². The molecule has 25 heavy (non-hydrogen) atoms. The number of aromatic nitrogens is 2. The molecule has 0 aliphatic carbocycles. The van der Waals surface area contributed by atoms with Gasteiger partial charge in [0.1, 0.15) is 11.6 Å². The van der Waals surface area contributed by atoms with E-state index in [1.54, 1.807) is 11.8 Å². The first-order chi connectivity index (χ1) is 11.9. The highest BCUT2D eigenvalue weighted by Crippen LogP contribution is 2.33. The number of rotatable bonds is 5. The average molecular weight is 343 g/mol. The molecule has 1 aliphatic heterocycles. The molecule has 1 aromatic carbocycles. The molecule has 7 heteroatoms. The van der Waals surface area contributed by atoms with Crippen molar-refractivity contribution in [1.82, 2.24) is 9.78 Å². The van der Waals surface area contributed by atoms with Crippen molar-refractivity contribution < 1.29 is 14.0 Å². The minimum absolute atomic E-state index is 0.0335. The second-order valence-corrected chi connectivity index (χ2v) is 7.18. The highest BCUT2D eigenvalue weighted by atomic mass is 16.7. The molecular weight excluding hydrogens is 317 g/mol. The van der Waals surface area contributed by atoms with Crippen molar-refractivity contribution in [3.63, 3.8) is 0 Å². The van der Waals surface area contributed by atoms with Crippen LogP contribution in [0.25, 0.3) is 5.69 Å². The quantitative estimate of drug-likeness (QED) is 0.846. The molecule has 0 amide bonds. The summed E-state index contributed by atoms with van der Waals surface area (Å²) in [7, 11) is 3.07. The smallest absolute Gasteiger partial charge is 0.497 e. The minimum Gasteiger partial charge on any atom is -0.497 e. The van der Waals surface area contributed by atoms with Crippen molar-refractivity contribution in [3.8, 4) is 11.4 Å². The summed E-state index contributed by atoms with van der Waals surface area (Å²) in [4.78, 5) is 0. The molecule has 0 bridgehead atoms. The van der Waals surface area contributed by atoms with E-state index in [0.29, 0.717) is 5.92 Å². The standard InChI is InChI=1S/C18H26BN3O3/c1-12(2)17-18(3,4)25-19(24-17)14-8-7-13(11-15(14)23-6)22-10-9-16(20-5)21-22/h7-12,17H,1-6H3,(H,20,21)/t17-/m1/s1. The topological polar surface area (TPSA) is 57.5 Å². The fourth-order valence-corrected chi connectivity index (χ4v) is 3.40. The Bertz CT molecular complexity index is 745. The zero-order valence-electron chi connectivity index (χ0n) is 15.7. The van der Waals surface area contributed by atoms with E-state index in [4.69, 9.17) is 14.0 Å². The molecule has 1 N–H and O–H groups in total. The maximum Gasteiger partial charge on any atom is 0.498 e. The maximum absolute atomic E-state index is 6.20. The number of anilines is 1. The molecule has 1 saturated heterocycles. The first-order valence-corrected chi connectivity index (χ1v) is 8.60. The summed E-state index contributed by atoms with van der Waals surface area (Å²) in [5.41, 5.74) is 1.47. The normalized spacial score (nSPS) is 19.5. The van der Waals surface area contributed by atoms with Crippen LogP contribution in [-0.4, -0.2) is 42.8 Å². The summed E-state index contributed by atoms with van der Waals surface area (Å²) < 4.78 is 19.8. The molecule has 0 unspecified atom stereocenters. The lowest BCUT2D eigenvalue weighted by molar-refractivity contribution is 0.0438. The Hall–Kier alpha value is -1.99. The molecule has 2 heterocycles. The number of hydrogen-bond acceptors (Lipinski definition) is 5. The van der Waals surface area contributed by atoms with Crippen LogP contribution in [-0.2, 0) is 9.31 Å². The molecule has 1 aliphatic rings. The van der Waals surface area contributed by atoms with E-state index in [9.17, 15) is 0 Å². The number of ether oxygens (including phenoxy) is 1. The third-order valence-electron chi connectivity index (χ3n) is 4.55. The van der Waals surface area contributed by atoms with E-state index in [1.807, 2.05) is 37.5 Å². The molecule has 0 radical (unpaired) electrons. The van der Waals surface area contributed by atoms with Crippen molar-refractivity contribution >= 4 is 18.4 Å². The minimum atomic E-state index is -0.433. The highest BCUT2D eigenvalue weighted by Gasteiger charge is 2.48. The number of methoxy groups -OCH3 is 1. The van der Waals surface area contributed by atoms with Gasteiger partial charge in [0, 0.05) is 30.8 Å². The first-order valence-electron chi connectivity index (χ1n) is 8.60. The molecular formula is C18H26BN3O3. The van der Waals surface area contributed by atoms with Crippen LogP contribution in [0.3, 0.4) is 0 Å². The molecule has 134 valence electrons. The fourth-order valence-electron chi connectivity index (χ4n) is 3.40. The maximum atomic E-state index is 6.20. The third kappa shape index (κ3) is 3.39. The summed E-state index contributed by atoms with van der Waals surface area (Å²) >= 11 is 0. The molecule has 6 nitrogen and oxygen atoms in total. The number of nitrogens with one attached hydrogen (secondary N) is 1. The van der Waals surface area contributed by atoms with Crippen LogP contribution in [0.1, 0.15) is 27.7 Å². The van der Waals surface area contributed by atoms with Crippen LogP contribution in [0, 0.1) is 5.92 Å². The van der Waals surface area contributed by atoms with Gasteiger partial charge in [-0.1, -0.05) is 19.9 Å². The van der Waals surface area contributed by atoms with Gasteiger partial charge in [-0.2, -0.15) is 5.10 Å². The van der Waals surface area contributed by atoms with Crippen molar-refractivity contribution in [3.05, 3.63) is 30.5 Å². The lowest BCUT2D eigenvalue weighted by Crippen LogP contribution is -2.37. The molecule has 1 atom stereocenters. The Morgan fingerprint density at radius 3 is 2.64 bits per heavy atom. The second kappa shape index (κ2) is 6.73. The van der Waals surface area contributed by atoms with Crippen molar-refractivity contribution in [2.45, 2.75) is 39.4 Å². The van der Waals surface area contributed by atoms with E-state index in [1.165, 1.54) is 0 Å². The summed E-state index contributed by atoms with van der Waals surface area (Å²) in [5.74, 6) is 1.91. The van der Waals surface area contributed by atoms with E-state index in [-0.39, 0.29) is 11.7 Å². The number of benzene rings is 1. The van der Waals surface area contributed by atoms with Crippen LogP contribution in [0.2, 0.25) is 0 Å². The van der Waals surface area contributed by atoms with Gasteiger partial charge in [0.25, 0.3) is 0 Å². The van der Waals surface area contributed by atoms with Crippen LogP contribution in [0.15, 0.2) is 30.5 Å². The van der Waals surface area contributed by atoms with Gasteiger partial charge in [0.2, 0.25) is 0 Å². The van der Waals surface area contributed by atoms with E-state index >= 15 is 0 Å². The average Bonchev–Trinajstić information content (AvgIpc) is 3.18. The Kier molecular flexibility index (Phi) is 4.80. The van der Waals surface area contributed by atoms with Gasteiger partial charge < -0.3 is 19.4 Å². The van der Waals surface area contributed by atoms with E-state index < -0.39 is 7.12 Å². The van der Waals surface area contributed by atoms with Gasteiger partial charge in [-0.3, -0.25) is 0 Å². The van der Waals surface area contributed by atoms with Crippen molar-refractivity contribution in [2.75, 3.05) is 19.5 Å². The SMILES string of the molecule is CNc1ccn(-c2ccc(B3O[C@H](C(C)C)C(C)(C)O3)c(OC)c2)n1. The van der Waals surface area contributed by atoms with Crippen molar-refractivity contribution in [2.24, 2.45) is 5.92 Å². The molecule has 1 fully saturated rings. The van der Waals surface area contributed by atoms with Crippen LogP contribution >= 0.6 is 0 Å². The third-order valence-corrected chi connectivity index (χ3v) is 4.55. The Morgan fingerprint density at radius 1 is 1.32 bits per heavy atom. The Balaban J connectivity index is 1.90. The lowest BCUT2D eigenvalue weighted by atomic mass is 9.78. The summed E-state index contributed by atoms with van der Waals surface area (Å²) in [6.45, 7) is 8.44. The zero-order chi connectivity index (χ0) is 18.2. The van der Waals surface area contributed by atoms with Gasteiger partial charge in [-0.15, -0.1) is 0 Å². The van der Waals surface area contributed by atoms with Gasteiger partial charge in [0.15, 0.2) is 0 Å². The molecule has 1 aromatic heterocycles. The van der Waals surface area contributed by atoms with Gasteiger partial charge in [-0.25, -0.2) is 4.68 Å². The highest BCUT2D eigenvalue weighted by molar-refractivity contribution is 6.63. The van der Waals surface area contributed by atoms with Crippen LogP contribution in [0.4, 0.5) is 5.82 Å². The van der Waals surface area contributed by atoms with Crippen molar-refractivity contribution in [1.29, 1.82) is 0 Å². The summed E-state index contributed by atoms with van der Waals surface area (Å²) in [5, 5.41) is 7.47. The van der Waals surface area contributed by atoms with Crippen LogP contribution < -0.4 is 15.5 Å². The van der Waals surface area contributed by atoms with E-state index in [2.05, 4.69) is 38.1 Å².